The molecule has 0 aromatic heterocycles. The largest absolute Gasteiger partial charge is 0.460 e. The number of rotatable bonds is 7. The zero-order valence-electron chi connectivity index (χ0n) is 8.04. The predicted octanol–water partition coefficient (Wildman–Crippen LogP) is 0.638. The Morgan fingerprint density at radius 1 is 1.31 bits per heavy atom. The molecule has 0 spiro atoms. The Bertz CT molecular complexity index is 168. The summed E-state index contributed by atoms with van der Waals surface area (Å²) in [4.78, 5) is 21.9. The minimum Gasteiger partial charge on any atom is -0.460 e. The second-order valence-corrected chi connectivity index (χ2v) is 2.80. The van der Waals surface area contributed by atoms with E-state index in [1.54, 1.807) is 0 Å². The number of hydrogen-bond acceptors (Lipinski definition) is 4. The summed E-state index contributed by atoms with van der Waals surface area (Å²) in [5, 5.41) is 0. The minimum absolute atomic E-state index is 0.196. The van der Waals surface area contributed by atoms with Crippen LogP contribution in [-0.2, 0) is 14.3 Å². The summed E-state index contributed by atoms with van der Waals surface area (Å²) in [6, 6.07) is 0. The van der Waals surface area contributed by atoms with Gasteiger partial charge in [0, 0.05) is 6.42 Å². The number of esters is 1. The molecule has 0 aliphatic rings. The first kappa shape index (κ1) is 12.1. The van der Waals surface area contributed by atoms with Gasteiger partial charge in [-0.3, -0.25) is 4.79 Å². The van der Waals surface area contributed by atoms with E-state index in [1.165, 1.54) is 0 Å². The molecule has 0 aliphatic carbocycles. The van der Waals surface area contributed by atoms with Gasteiger partial charge in [-0.2, -0.15) is 0 Å². The molecule has 13 heavy (non-hydrogen) atoms. The molecule has 0 aliphatic heterocycles. The number of unbranched alkanes of at least 4 members (excludes halogenated alkanes) is 1. The van der Waals surface area contributed by atoms with Gasteiger partial charge in [0.15, 0.2) is 0 Å². The van der Waals surface area contributed by atoms with Gasteiger partial charge in [-0.05, 0) is 19.4 Å². The number of carbonyl (C=O) groups is 2. The van der Waals surface area contributed by atoms with E-state index < -0.39 is 11.8 Å². The van der Waals surface area contributed by atoms with Crippen LogP contribution >= 0.6 is 0 Å². The van der Waals surface area contributed by atoms with Gasteiger partial charge in [-0.15, -0.1) is 0 Å². The second-order valence-electron chi connectivity index (χ2n) is 2.80. The van der Waals surface area contributed by atoms with Crippen LogP contribution in [0.3, 0.4) is 0 Å². The standard InChI is InChI=1S/C9H17NO3/c1-2-3-7-13-9(12)8(11)5-4-6-10/h2-7,10H2,1H3. The van der Waals surface area contributed by atoms with Gasteiger partial charge in [-0.25, -0.2) is 4.79 Å². The smallest absolute Gasteiger partial charge is 0.374 e. The highest BCUT2D eigenvalue weighted by molar-refractivity contribution is 6.33. The third kappa shape index (κ3) is 6.28. The van der Waals surface area contributed by atoms with Gasteiger partial charge in [0.2, 0.25) is 5.78 Å². The molecule has 0 saturated carbocycles. The fourth-order valence-corrected chi connectivity index (χ4v) is 0.754. The van der Waals surface area contributed by atoms with Gasteiger partial charge in [0.1, 0.15) is 0 Å². The van der Waals surface area contributed by atoms with Crippen LogP contribution in [0.4, 0.5) is 0 Å². The molecule has 2 N–H and O–H groups in total. The molecular weight excluding hydrogens is 170 g/mol. The third-order valence-corrected chi connectivity index (χ3v) is 1.57. The van der Waals surface area contributed by atoms with Gasteiger partial charge in [-0.1, -0.05) is 13.3 Å². The fourth-order valence-electron chi connectivity index (χ4n) is 0.754. The maximum Gasteiger partial charge on any atom is 0.374 e. The highest BCUT2D eigenvalue weighted by atomic mass is 16.5. The van der Waals surface area contributed by atoms with Crippen molar-refractivity contribution in [3.63, 3.8) is 0 Å². The average molecular weight is 187 g/mol. The van der Waals surface area contributed by atoms with Crippen molar-refractivity contribution >= 4 is 11.8 Å². The van der Waals surface area contributed by atoms with Crippen LogP contribution in [0.1, 0.15) is 32.6 Å². The van der Waals surface area contributed by atoms with E-state index in [-0.39, 0.29) is 6.42 Å². The Morgan fingerprint density at radius 2 is 2.00 bits per heavy atom. The number of Topliss-reactive ketones (excluding diaryl/α,β-unsaturated/α-hetero) is 1. The highest BCUT2D eigenvalue weighted by Gasteiger charge is 2.13. The quantitative estimate of drug-likeness (QED) is 0.360. The van der Waals surface area contributed by atoms with Crippen molar-refractivity contribution in [2.45, 2.75) is 32.6 Å². The Labute approximate surface area is 78.4 Å². The maximum atomic E-state index is 11.0. The Morgan fingerprint density at radius 3 is 2.54 bits per heavy atom. The minimum atomic E-state index is -0.720. The first-order valence-electron chi connectivity index (χ1n) is 4.62. The molecule has 0 saturated heterocycles. The molecule has 0 fully saturated rings. The van der Waals surface area contributed by atoms with Crippen LogP contribution in [0.5, 0.6) is 0 Å². The first-order chi connectivity index (χ1) is 6.22. The molecule has 0 bridgehead atoms. The van der Waals surface area contributed by atoms with E-state index in [2.05, 4.69) is 0 Å². The molecule has 0 aromatic carbocycles. The van der Waals surface area contributed by atoms with Crippen LogP contribution in [0.15, 0.2) is 0 Å². The Kier molecular flexibility index (Phi) is 7.20. The number of carbonyl (C=O) groups excluding carboxylic acids is 2. The molecule has 0 heterocycles. The molecule has 4 nitrogen and oxygen atoms in total. The topological polar surface area (TPSA) is 69.4 Å². The first-order valence-corrected chi connectivity index (χ1v) is 4.62. The summed E-state index contributed by atoms with van der Waals surface area (Å²) in [7, 11) is 0. The lowest BCUT2D eigenvalue weighted by atomic mass is 10.2. The summed E-state index contributed by atoms with van der Waals surface area (Å²) in [5.41, 5.74) is 5.19. The lowest BCUT2D eigenvalue weighted by Crippen LogP contribution is -2.18. The van der Waals surface area contributed by atoms with Crippen molar-refractivity contribution in [1.82, 2.24) is 0 Å². The zero-order valence-corrected chi connectivity index (χ0v) is 8.04. The van der Waals surface area contributed by atoms with Gasteiger partial charge in [0.25, 0.3) is 0 Å². The van der Waals surface area contributed by atoms with Gasteiger partial charge < -0.3 is 10.5 Å². The van der Waals surface area contributed by atoms with Gasteiger partial charge >= 0.3 is 5.97 Å². The lowest BCUT2D eigenvalue weighted by molar-refractivity contribution is -0.154. The van der Waals surface area contributed by atoms with Crippen molar-refractivity contribution in [2.75, 3.05) is 13.2 Å². The van der Waals surface area contributed by atoms with Crippen molar-refractivity contribution in [3.05, 3.63) is 0 Å². The SMILES string of the molecule is CCCCOC(=O)C(=O)CCCN. The van der Waals surface area contributed by atoms with E-state index >= 15 is 0 Å². The highest BCUT2D eigenvalue weighted by Crippen LogP contribution is 1.94. The molecule has 0 rings (SSSR count). The third-order valence-electron chi connectivity index (χ3n) is 1.57. The Balaban J connectivity index is 3.51. The fraction of sp³-hybridized carbons (Fsp3) is 0.778. The molecule has 4 heteroatoms. The zero-order chi connectivity index (χ0) is 10.1. The molecule has 0 unspecified atom stereocenters. The molecule has 0 amide bonds. The van der Waals surface area contributed by atoms with E-state index in [4.69, 9.17) is 10.5 Å². The average Bonchev–Trinajstić information content (AvgIpc) is 2.14. The summed E-state index contributed by atoms with van der Waals surface area (Å²) >= 11 is 0. The van der Waals surface area contributed by atoms with Crippen molar-refractivity contribution in [2.24, 2.45) is 5.73 Å². The molecular formula is C9H17NO3. The molecule has 0 aromatic rings. The summed E-state index contributed by atoms with van der Waals surface area (Å²) in [5.74, 6) is -1.19. The van der Waals surface area contributed by atoms with E-state index in [0.717, 1.165) is 12.8 Å². The van der Waals surface area contributed by atoms with Crippen LogP contribution in [-0.4, -0.2) is 24.9 Å². The number of ketones is 1. The number of hydrogen-bond donors (Lipinski definition) is 1. The van der Waals surface area contributed by atoms with Crippen molar-refractivity contribution in [3.8, 4) is 0 Å². The summed E-state index contributed by atoms with van der Waals surface area (Å²) < 4.78 is 4.71. The lowest BCUT2D eigenvalue weighted by Gasteiger charge is -2.01. The van der Waals surface area contributed by atoms with Crippen molar-refractivity contribution in [1.29, 1.82) is 0 Å². The molecule has 0 radical (unpaired) electrons. The maximum absolute atomic E-state index is 11.0. The van der Waals surface area contributed by atoms with Crippen LogP contribution < -0.4 is 5.73 Å². The normalized spacial score (nSPS) is 9.69. The summed E-state index contributed by atoms with van der Waals surface area (Å²) in [6.45, 7) is 2.75. The van der Waals surface area contributed by atoms with Crippen LogP contribution in [0.25, 0.3) is 0 Å². The number of nitrogens with two attached hydrogens (primary N) is 1. The Hall–Kier alpha value is -0.900. The predicted molar refractivity (Wildman–Crippen MR) is 49.2 cm³/mol. The van der Waals surface area contributed by atoms with Gasteiger partial charge in [0.05, 0.1) is 6.61 Å². The molecule has 76 valence electrons. The van der Waals surface area contributed by atoms with Crippen molar-refractivity contribution < 1.29 is 14.3 Å². The van der Waals surface area contributed by atoms with E-state index in [1.807, 2.05) is 6.92 Å². The number of ether oxygens (including phenoxy) is 1. The van der Waals surface area contributed by atoms with E-state index in [0.29, 0.717) is 19.6 Å². The monoisotopic (exact) mass is 187 g/mol. The second kappa shape index (κ2) is 7.73. The summed E-state index contributed by atoms with van der Waals surface area (Å²) in [6.07, 6.45) is 2.49. The van der Waals surface area contributed by atoms with Crippen LogP contribution in [0.2, 0.25) is 0 Å². The van der Waals surface area contributed by atoms with Crippen LogP contribution in [0, 0.1) is 0 Å². The molecule has 0 atom stereocenters. The van der Waals surface area contributed by atoms with E-state index in [9.17, 15) is 9.59 Å².